The van der Waals surface area contributed by atoms with Gasteiger partial charge >= 0.3 is 5.97 Å². The zero-order valence-corrected chi connectivity index (χ0v) is 12.9. The number of hydrogen-bond donors (Lipinski definition) is 1. The van der Waals surface area contributed by atoms with E-state index in [2.05, 4.69) is 0 Å². The first kappa shape index (κ1) is 16.8. The lowest BCUT2D eigenvalue weighted by molar-refractivity contribution is -0.137. The predicted molar refractivity (Wildman–Crippen MR) is 79.5 cm³/mol. The molecule has 0 radical (unpaired) electrons. The van der Waals surface area contributed by atoms with E-state index in [1.807, 2.05) is 13.8 Å². The predicted octanol–water partition coefficient (Wildman–Crippen LogP) is 3.57. The molecule has 4 nitrogen and oxygen atoms in total. The number of rotatable bonds is 6. The quantitative estimate of drug-likeness (QED) is 0.872. The molecule has 0 atom stereocenters. The molecule has 1 aromatic carbocycles. The highest BCUT2D eigenvalue weighted by atomic mass is 35.5. The van der Waals surface area contributed by atoms with Crippen LogP contribution >= 0.6 is 23.2 Å². The monoisotopic (exact) mass is 317 g/mol. The van der Waals surface area contributed by atoms with E-state index in [4.69, 9.17) is 28.3 Å². The lowest BCUT2D eigenvalue weighted by Gasteiger charge is -2.24. The third-order valence-corrected chi connectivity index (χ3v) is 3.01. The van der Waals surface area contributed by atoms with Gasteiger partial charge in [-0.05, 0) is 24.1 Å². The Morgan fingerprint density at radius 3 is 2.20 bits per heavy atom. The number of carbonyl (C=O) groups excluding carboxylic acids is 1. The number of aliphatic carboxylic acids is 1. The van der Waals surface area contributed by atoms with Gasteiger partial charge in [0.1, 0.15) is 0 Å². The van der Waals surface area contributed by atoms with Crippen molar-refractivity contribution in [3.8, 4) is 0 Å². The summed E-state index contributed by atoms with van der Waals surface area (Å²) in [5.41, 5.74) is 0.369. The molecule has 1 rings (SSSR count). The van der Waals surface area contributed by atoms with E-state index >= 15 is 0 Å². The number of benzene rings is 1. The summed E-state index contributed by atoms with van der Waals surface area (Å²) in [6, 6.07) is 4.61. The van der Waals surface area contributed by atoms with Crippen LogP contribution in [-0.2, 0) is 4.79 Å². The molecule has 1 aromatic rings. The molecule has 0 spiro atoms. The molecule has 0 aliphatic rings. The molecule has 0 aliphatic carbocycles. The summed E-state index contributed by atoms with van der Waals surface area (Å²) in [5, 5.41) is 9.51. The molecule has 0 aliphatic heterocycles. The zero-order valence-electron chi connectivity index (χ0n) is 11.4. The fourth-order valence-corrected chi connectivity index (χ4v) is 2.33. The van der Waals surface area contributed by atoms with Crippen molar-refractivity contribution < 1.29 is 14.7 Å². The Labute approximate surface area is 128 Å². The van der Waals surface area contributed by atoms with Crippen molar-refractivity contribution in [2.24, 2.45) is 5.92 Å². The van der Waals surface area contributed by atoms with Gasteiger partial charge in [-0.3, -0.25) is 9.59 Å². The molecule has 0 aromatic heterocycles. The number of carboxylic acids is 1. The summed E-state index contributed by atoms with van der Waals surface area (Å²) >= 11 is 11.8. The number of hydrogen-bond acceptors (Lipinski definition) is 2. The molecule has 20 heavy (non-hydrogen) atoms. The molecular weight excluding hydrogens is 301 g/mol. The van der Waals surface area contributed by atoms with Gasteiger partial charge in [-0.25, -0.2) is 0 Å². The first-order valence-corrected chi connectivity index (χ1v) is 7.02. The molecule has 0 saturated heterocycles. The van der Waals surface area contributed by atoms with Gasteiger partial charge in [0, 0.05) is 28.7 Å². The van der Waals surface area contributed by atoms with Crippen molar-refractivity contribution in [1.82, 2.24) is 4.90 Å². The van der Waals surface area contributed by atoms with E-state index in [0.29, 0.717) is 22.2 Å². The topological polar surface area (TPSA) is 57.6 Å². The molecule has 110 valence electrons. The second kappa shape index (κ2) is 7.50. The van der Waals surface area contributed by atoms with Crippen LogP contribution in [0.2, 0.25) is 10.0 Å². The molecule has 0 heterocycles. The van der Waals surface area contributed by atoms with E-state index in [1.165, 1.54) is 17.0 Å². The fourth-order valence-electron chi connectivity index (χ4n) is 1.81. The normalized spacial score (nSPS) is 10.7. The largest absolute Gasteiger partial charge is 0.481 e. The number of halogens is 2. The van der Waals surface area contributed by atoms with E-state index < -0.39 is 5.97 Å². The average molecular weight is 318 g/mol. The molecule has 1 N–H and O–H groups in total. The summed E-state index contributed by atoms with van der Waals surface area (Å²) in [7, 11) is 0. The fraction of sp³-hybridized carbons (Fsp3) is 0.429. The molecule has 0 fully saturated rings. The van der Waals surface area contributed by atoms with Gasteiger partial charge in [-0.15, -0.1) is 0 Å². The molecule has 1 amide bonds. The smallest absolute Gasteiger partial charge is 0.305 e. The molecule has 0 unspecified atom stereocenters. The van der Waals surface area contributed by atoms with Crippen molar-refractivity contribution in [3.05, 3.63) is 33.8 Å². The first-order valence-electron chi connectivity index (χ1n) is 6.26. The van der Waals surface area contributed by atoms with Gasteiger partial charge in [0.2, 0.25) is 0 Å². The Balaban J connectivity index is 2.93. The lowest BCUT2D eigenvalue weighted by Crippen LogP contribution is -2.36. The SMILES string of the molecule is CC(C)CN(CCC(=O)O)C(=O)c1cc(Cl)cc(Cl)c1. The van der Waals surface area contributed by atoms with Gasteiger partial charge in [0.05, 0.1) is 6.42 Å². The van der Waals surface area contributed by atoms with E-state index in [1.54, 1.807) is 6.07 Å². The summed E-state index contributed by atoms with van der Waals surface area (Å²) in [6.07, 6.45) is -0.0905. The van der Waals surface area contributed by atoms with Crippen LogP contribution in [0.15, 0.2) is 18.2 Å². The summed E-state index contributed by atoms with van der Waals surface area (Å²) in [4.78, 5) is 24.6. The van der Waals surface area contributed by atoms with E-state index in [9.17, 15) is 9.59 Å². The minimum absolute atomic E-state index is 0.0905. The maximum absolute atomic E-state index is 12.4. The highest BCUT2D eigenvalue weighted by Crippen LogP contribution is 2.20. The lowest BCUT2D eigenvalue weighted by atomic mass is 10.1. The number of carbonyl (C=O) groups is 2. The van der Waals surface area contributed by atoms with Gasteiger partial charge in [0.15, 0.2) is 0 Å². The van der Waals surface area contributed by atoms with Crippen LogP contribution in [0, 0.1) is 5.92 Å². The van der Waals surface area contributed by atoms with Crippen LogP contribution in [-0.4, -0.2) is 35.0 Å². The zero-order chi connectivity index (χ0) is 15.3. The van der Waals surface area contributed by atoms with Gasteiger partial charge in [0.25, 0.3) is 5.91 Å². The Morgan fingerprint density at radius 1 is 1.20 bits per heavy atom. The third kappa shape index (κ3) is 5.39. The van der Waals surface area contributed by atoms with Crippen LogP contribution < -0.4 is 0 Å². The standard InChI is InChI=1S/C14H17Cl2NO3/c1-9(2)8-17(4-3-13(18)19)14(20)10-5-11(15)7-12(16)6-10/h5-7,9H,3-4,8H2,1-2H3,(H,18,19). The van der Waals surface area contributed by atoms with Crippen molar-refractivity contribution in [1.29, 1.82) is 0 Å². The summed E-state index contributed by atoms with van der Waals surface area (Å²) < 4.78 is 0. The first-order chi connectivity index (χ1) is 9.29. The maximum atomic E-state index is 12.4. The summed E-state index contributed by atoms with van der Waals surface area (Å²) in [6.45, 7) is 4.57. The minimum Gasteiger partial charge on any atom is -0.481 e. The van der Waals surface area contributed by atoms with Gasteiger partial charge in [-0.2, -0.15) is 0 Å². The maximum Gasteiger partial charge on any atom is 0.305 e. The number of amides is 1. The van der Waals surface area contributed by atoms with Crippen LogP contribution in [0.3, 0.4) is 0 Å². The molecule has 6 heteroatoms. The Bertz CT molecular complexity index is 483. The van der Waals surface area contributed by atoms with E-state index in [-0.39, 0.29) is 24.8 Å². The summed E-state index contributed by atoms with van der Waals surface area (Å²) in [5.74, 6) is -0.956. The molecule has 0 saturated carbocycles. The molecule has 0 bridgehead atoms. The second-order valence-corrected chi connectivity index (χ2v) is 5.82. The van der Waals surface area contributed by atoms with Crippen molar-refractivity contribution in [2.45, 2.75) is 20.3 Å². The molecular formula is C14H17Cl2NO3. The minimum atomic E-state index is -0.935. The van der Waals surface area contributed by atoms with Crippen LogP contribution in [0.25, 0.3) is 0 Å². The van der Waals surface area contributed by atoms with Crippen LogP contribution in [0.5, 0.6) is 0 Å². The Hall–Kier alpha value is -1.26. The van der Waals surface area contributed by atoms with Crippen molar-refractivity contribution in [2.75, 3.05) is 13.1 Å². The number of nitrogens with zero attached hydrogens (tertiary/aromatic N) is 1. The van der Waals surface area contributed by atoms with Crippen LogP contribution in [0.4, 0.5) is 0 Å². The highest BCUT2D eigenvalue weighted by molar-refractivity contribution is 6.35. The van der Waals surface area contributed by atoms with Crippen molar-refractivity contribution in [3.63, 3.8) is 0 Å². The van der Waals surface area contributed by atoms with Gasteiger partial charge < -0.3 is 10.0 Å². The van der Waals surface area contributed by atoms with Crippen molar-refractivity contribution >= 4 is 35.1 Å². The number of carboxylic acid groups (broad SMARTS) is 1. The van der Waals surface area contributed by atoms with E-state index in [0.717, 1.165) is 0 Å². The third-order valence-electron chi connectivity index (χ3n) is 2.58. The second-order valence-electron chi connectivity index (χ2n) is 4.95. The highest BCUT2D eigenvalue weighted by Gasteiger charge is 2.18. The van der Waals surface area contributed by atoms with Gasteiger partial charge in [-0.1, -0.05) is 37.0 Å². The average Bonchev–Trinajstić information content (AvgIpc) is 2.31. The Kier molecular flexibility index (Phi) is 6.30. The Morgan fingerprint density at radius 2 is 1.75 bits per heavy atom. The van der Waals surface area contributed by atoms with Crippen LogP contribution in [0.1, 0.15) is 30.6 Å².